The highest BCUT2D eigenvalue weighted by Gasteiger charge is 2.42. The van der Waals surface area contributed by atoms with Gasteiger partial charge in [-0.25, -0.2) is 0 Å². The van der Waals surface area contributed by atoms with E-state index >= 15 is 0 Å². The molecule has 0 aromatic carbocycles. The topological polar surface area (TPSA) is 12.0 Å². The Morgan fingerprint density at radius 3 is 1.76 bits per heavy atom. The molecule has 1 rings (SSSR count). The summed E-state index contributed by atoms with van der Waals surface area (Å²) >= 11 is 0. The smallest absolute Gasteiger partial charge is 0.0230 e. The Kier molecular flexibility index (Phi) is 8.94. The summed E-state index contributed by atoms with van der Waals surface area (Å²) in [4.78, 5) is 0. The quantitative estimate of drug-likeness (QED) is 0.431. The summed E-state index contributed by atoms with van der Waals surface area (Å²) in [6, 6.07) is 0. The fraction of sp³-hybridized carbons (Fsp3) is 1.00. The minimum Gasteiger partial charge on any atom is -0.311 e. The van der Waals surface area contributed by atoms with E-state index in [9.17, 15) is 0 Å². The van der Waals surface area contributed by atoms with Crippen LogP contribution in [0.1, 0.15) is 111 Å². The molecule has 0 bridgehead atoms. The summed E-state index contributed by atoms with van der Waals surface area (Å²) < 4.78 is 0. The number of hydrogen-bond acceptors (Lipinski definition) is 1. The SMILES string of the molecule is CCCCCCCCCCCCC1(C(C)(C)C)CCCN1. The van der Waals surface area contributed by atoms with Crippen LogP contribution in [0.25, 0.3) is 0 Å². The predicted octanol–water partition coefficient (Wildman–Crippen LogP) is 6.47. The molecule has 0 spiro atoms. The van der Waals surface area contributed by atoms with E-state index in [1.807, 2.05) is 0 Å². The molecule has 1 unspecified atom stereocenters. The van der Waals surface area contributed by atoms with Crippen LogP contribution in [-0.2, 0) is 0 Å². The minimum absolute atomic E-state index is 0.406. The Labute approximate surface area is 134 Å². The normalized spacial score (nSPS) is 22.9. The maximum Gasteiger partial charge on any atom is 0.0230 e. The van der Waals surface area contributed by atoms with Gasteiger partial charge in [0.2, 0.25) is 0 Å². The molecule has 1 heterocycles. The maximum atomic E-state index is 3.84. The van der Waals surface area contributed by atoms with Crippen molar-refractivity contribution >= 4 is 0 Å². The van der Waals surface area contributed by atoms with Crippen LogP contribution in [0.5, 0.6) is 0 Å². The molecule has 21 heavy (non-hydrogen) atoms. The van der Waals surface area contributed by atoms with Crippen molar-refractivity contribution in [1.29, 1.82) is 0 Å². The Bertz CT molecular complexity index is 245. The lowest BCUT2D eigenvalue weighted by Gasteiger charge is -2.42. The van der Waals surface area contributed by atoms with Crippen molar-refractivity contribution in [3.05, 3.63) is 0 Å². The first-order valence-electron chi connectivity index (χ1n) is 9.77. The molecule has 1 N–H and O–H groups in total. The molecule has 1 nitrogen and oxygen atoms in total. The highest BCUT2D eigenvalue weighted by molar-refractivity contribution is 5.01. The fourth-order valence-electron chi connectivity index (χ4n) is 3.95. The molecule has 1 saturated heterocycles. The van der Waals surface area contributed by atoms with Crippen molar-refractivity contribution in [2.45, 2.75) is 117 Å². The largest absolute Gasteiger partial charge is 0.311 e. The van der Waals surface area contributed by atoms with Gasteiger partial charge in [0, 0.05) is 5.54 Å². The van der Waals surface area contributed by atoms with Gasteiger partial charge in [-0.15, -0.1) is 0 Å². The molecule has 0 amide bonds. The van der Waals surface area contributed by atoms with Gasteiger partial charge in [-0.05, 0) is 31.2 Å². The molecule has 1 aliphatic rings. The third-order valence-electron chi connectivity index (χ3n) is 5.64. The predicted molar refractivity (Wildman–Crippen MR) is 95.9 cm³/mol. The number of hydrogen-bond donors (Lipinski definition) is 1. The van der Waals surface area contributed by atoms with Gasteiger partial charge in [0.25, 0.3) is 0 Å². The van der Waals surface area contributed by atoms with Crippen LogP contribution in [-0.4, -0.2) is 12.1 Å². The van der Waals surface area contributed by atoms with Gasteiger partial charge in [0.1, 0.15) is 0 Å². The van der Waals surface area contributed by atoms with Gasteiger partial charge in [-0.3, -0.25) is 0 Å². The average Bonchev–Trinajstić information content (AvgIpc) is 2.90. The van der Waals surface area contributed by atoms with Crippen LogP contribution in [0.3, 0.4) is 0 Å². The zero-order valence-corrected chi connectivity index (χ0v) is 15.4. The molecule has 1 heteroatoms. The number of unbranched alkanes of at least 4 members (excludes halogenated alkanes) is 9. The zero-order valence-electron chi connectivity index (χ0n) is 15.4. The average molecular weight is 296 g/mol. The Balaban J connectivity index is 2.03. The first-order chi connectivity index (χ1) is 10.0. The summed E-state index contributed by atoms with van der Waals surface area (Å²) in [6.45, 7) is 10.8. The van der Waals surface area contributed by atoms with E-state index in [0.717, 1.165) is 0 Å². The molecule has 0 saturated carbocycles. The summed E-state index contributed by atoms with van der Waals surface area (Å²) in [5.74, 6) is 0. The van der Waals surface area contributed by atoms with Crippen LogP contribution in [0.15, 0.2) is 0 Å². The van der Waals surface area contributed by atoms with Gasteiger partial charge in [-0.2, -0.15) is 0 Å². The fourth-order valence-corrected chi connectivity index (χ4v) is 3.95. The van der Waals surface area contributed by atoms with Crippen LogP contribution in [0.4, 0.5) is 0 Å². The summed E-state index contributed by atoms with van der Waals surface area (Å²) in [6.07, 6.45) is 18.5. The Hall–Kier alpha value is -0.0400. The highest BCUT2D eigenvalue weighted by Crippen LogP contribution is 2.41. The van der Waals surface area contributed by atoms with E-state index in [2.05, 4.69) is 33.0 Å². The molecular formula is C20H41N. The van der Waals surface area contributed by atoms with Crippen LogP contribution in [0.2, 0.25) is 0 Å². The zero-order chi connectivity index (χ0) is 15.6. The third kappa shape index (κ3) is 6.72. The molecule has 126 valence electrons. The lowest BCUT2D eigenvalue weighted by atomic mass is 9.70. The molecule has 0 aliphatic carbocycles. The second-order valence-electron chi connectivity index (χ2n) is 8.29. The van der Waals surface area contributed by atoms with Crippen LogP contribution < -0.4 is 5.32 Å². The van der Waals surface area contributed by atoms with Crippen molar-refractivity contribution in [3.63, 3.8) is 0 Å². The standard InChI is InChI=1S/C20H41N/c1-5-6-7-8-9-10-11-12-13-14-16-20(19(2,3)4)17-15-18-21-20/h21H,5-18H2,1-4H3. The second kappa shape index (κ2) is 9.87. The third-order valence-corrected chi connectivity index (χ3v) is 5.64. The highest BCUT2D eigenvalue weighted by atomic mass is 15.0. The lowest BCUT2D eigenvalue weighted by Crippen LogP contribution is -2.50. The minimum atomic E-state index is 0.406. The van der Waals surface area contributed by atoms with Crippen molar-refractivity contribution in [2.75, 3.05) is 6.54 Å². The van der Waals surface area contributed by atoms with Crippen molar-refractivity contribution in [1.82, 2.24) is 5.32 Å². The molecule has 0 aromatic rings. The Morgan fingerprint density at radius 1 is 0.810 bits per heavy atom. The summed E-state index contributed by atoms with van der Waals surface area (Å²) in [7, 11) is 0. The van der Waals surface area contributed by atoms with E-state index in [0.29, 0.717) is 11.0 Å². The summed E-state index contributed by atoms with van der Waals surface area (Å²) in [5.41, 5.74) is 0.829. The number of rotatable bonds is 11. The molecule has 0 aromatic heterocycles. The van der Waals surface area contributed by atoms with Gasteiger partial charge in [-0.1, -0.05) is 91.9 Å². The van der Waals surface area contributed by atoms with Gasteiger partial charge < -0.3 is 5.32 Å². The van der Waals surface area contributed by atoms with Crippen molar-refractivity contribution in [3.8, 4) is 0 Å². The second-order valence-corrected chi connectivity index (χ2v) is 8.29. The van der Waals surface area contributed by atoms with Gasteiger partial charge in [0.15, 0.2) is 0 Å². The van der Waals surface area contributed by atoms with E-state index in [1.54, 1.807) is 0 Å². The molecule has 0 radical (unpaired) electrons. The van der Waals surface area contributed by atoms with E-state index in [1.165, 1.54) is 90.0 Å². The van der Waals surface area contributed by atoms with Crippen LogP contribution in [0, 0.1) is 5.41 Å². The lowest BCUT2D eigenvalue weighted by molar-refractivity contribution is 0.144. The number of nitrogens with one attached hydrogen (secondary N) is 1. The van der Waals surface area contributed by atoms with Crippen LogP contribution >= 0.6 is 0 Å². The van der Waals surface area contributed by atoms with E-state index in [4.69, 9.17) is 0 Å². The Morgan fingerprint density at radius 2 is 1.33 bits per heavy atom. The molecule has 1 atom stereocenters. The van der Waals surface area contributed by atoms with Gasteiger partial charge >= 0.3 is 0 Å². The van der Waals surface area contributed by atoms with E-state index in [-0.39, 0.29) is 0 Å². The van der Waals surface area contributed by atoms with E-state index < -0.39 is 0 Å². The first kappa shape index (κ1) is 19.0. The molecule has 1 aliphatic heterocycles. The molecular weight excluding hydrogens is 254 g/mol. The first-order valence-corrected chi connectivity index (χ1v) is 9.77. The van der Waals surface area contributed by atoms with Crippen molar-refractivity contribution in [2.24, 2.45) is 5.41 Å². The van der Waals surface area contributed by atoms with Gasteiger partial charge in [0.05, 0.1) is 0 Å². The summed E-state index contributed by atoms with van der Waals surface area (Å²) in [5, 5.41) is 3.84. The monoisotopic (exact) mass is 295 g/mol. The molecule has 1 fully saturated rings. The van der Waals surface area contributed by atoms with Crippen molar-refractivity contribution < 1.29 is 0 Å². The maximum absolute atomic E-state index is 3.84.